The number of fused-ring (bicyclic) bond motifs is 2. The number of amides is 1. The molecule has 1 amide bonds. The maximum atomic E-state index is 13.9. The Morgan fingerprint density at radius 2 is 1.89 bits per heavy atom. The van der Waals surface area contributed by atoms with Crippen LogP contribution in [0.15, 0.2) is 70.5 Å². The number of esters is 1. The van der Waals surface area contributed by atoms with Gasteiger partial charge in [-0.3, -0.25) is 4.79 Å². The van der Waals surface area contributed by atoms with Crippen molar-refractivity contribution in [3.63, 3.8) is 0 Å². The highest BCUT2D eigenvalue weighted by atomic mass is 32.2. The van der Waals surface area contributed by atoms with E-state index in [4.69, 9.17) is 15.2 Å². The summed E-state index contributed by atoms with van der Waals surface area (Å²) in [6, 6.07) is 14.7. The molecule has 3 N–H and O–H groups in total. The van der Waals surface area contributed by atoms with E-state index in [1.807, 2.05) is 6.07 Å². The topological polar surface area (TPSA) is 152 Å². The van der Waals surface area contributed by atoms with E-state index in [-0.39, 0.29) is 45.5 Å². The summed E-state index contributed by atoms with van der Waals surface area (Å²) >= 11 is 0. The van der Waals surface area contributed by atoms with Gasteiger partial charge in [-0.05, 0) is 38.0 Å². The first kappa shape index (κ1) is 25.5. The third kappa shape index (κ3) is 3.76. The van der Waals surface area contributed by atoms with Gasteiger partial charge in [-0.15, -0.1) is 0 Å². The Kier molecular flexibility index (Phi) is 6.46. The minimum atomic E-state index is -3.91. The number of ether oxygens (including phenoxy) is 2. The summed E-state index contributed by atoms with van der Waals surface area (Å²) in [5.74, 6) is -2.04. The Morgan fingerprint density at radius 3 is 2.55 bits per heavy atom. The van der Waals surface area contributed by atoms with E-state index in [9.17, 15) is 23.3 Å². The zero-order chi connectivity index (χ0) is 27.1. The van der Waals surface area contributed by atoms with Gasteiger partial charge in [0, 0.05) is 29.9 Å². The number of carbonyl (C=O) groups is 2. The predicted molar refractivity (Wildman–Crippen MR) is 137 cm³/mol. The van der Waals surface area contributed by atoms with Gasteiger partial charge >= 0.3 is 5.97 Å². The van der Waals surface area contributed by atoms with Crippen LogP contribution in [0, 0.1) is 11.3 Å². The van der Waals surface area contributed by atoms with Crippen LogP contribution in [-0.4, -0.2) is 44.3 Å². The molecular formula is C27H26N4O6S. The summed E-state index contributed by atoms with van der Waals surface area (Å²) in [5.41, 5.74) is 4.33. The smallest absolute Gasteiger partial charge is 0.339 e. The van der Waals surface area contributed by atoms with E-state index in [2.05, 4.69) is 5.32 Å². The Bertz CT molecular complexity index is 1530. The van der Waals surface area contributed by atoms with Crippen molar-refractivity contribution in [3.8, 4) is 6.07 Å². The fourth-order valence-electron chi connectivity index (χ4n) is 5.27. The van der Waals surface area contributed by atoms with Crippen LogP contribution in [0.2, 0.25) is 0 Å². The fourth-order valence-corrected chi connectivity index (χ4v) is 6.81. The second kappa shape index (κ2) is 9.63. The summed E-state index contributed by atoms with van der Waals surface area (Å²) in [7, 11) is -3.91. The molecule has 3 aliphatic heterocycles. The zero-order valence-electron chi connectivity index (χ0n) is 20.7. The molecule has 11 heteroatoms. The van der Waals surface area contributed by atoms with Crippen LogP contribution in [0.1, 0.15) is 37.3 Å². The maximum absolute atomic E-state index is 13.9. The average molecular weight is 535 g/mol. The molecule has 0 saturated carbocycles. The number of benzene rings is 2. The average Bonchev–Trinajstić information content (AvgIpc) is 3.20. The second-order valence-corrected chi connectivity index (χ2v) is 11.1. The molecule has 38 heavy (non-hydrogen) atoms. The Labute approximate surface area is 220 Å². The number of carbonyl (C=O) groups excluding carboxylic acids is 2. The summed E-state index contributed by atoms with van der Waals surface area (Å²) in [5, 5.41) is 12.9. The number of nitrogens with zero attached hydrogens (tertiary/aromatic N) is 2. The lowest BCUT2D eigenvalue weighted by Crippen LogP contribution is -2.45. The molecule has 3 aliphatic rings. The van der Waals surface area contributed by atoms with Gasteiger partial charge in [-0.25, -0.2) is 13.2 Å². The Hall–Kier alpha value is -4.14. The van der Waals surface area contributed by atoms with Crippen LogP contribution >= 0.6 is 0 Å². The number of hydrogen-bond donors (Lipinski definition) is 2. The molecule has 196 valence electrons. The van der Waals surface area contributed by atoms with Gasteiger partial charge in [0.1, 0.15) is 23.0 Å². The molecule has 0 aliphatic carbocycles. The van der Waals surface area contributed by atoms with Crippen LogP contribution in [0.3, 0.4) is 0 Å². The summed E-state index contributed by atoms with van der Waals surface area (Å²) in [6.45, 7) is 2.37. The minimum Gasteiger partial charge on any atom is -0.462 e. The van der Waals surface area contributed by atoms with Gasteiger partial charge in [0.25, 0.3) is 0 Å². The van der Waals surface area contributed by atoms with E-state index >= 15 is 0 Å². The highest BCUT2D eigenvalue weighted by Crippen LogP contribution is 2.54. The molecule has 5 rings (SSSR count). The number of nitrogens with one attached hydrogen (secondary N) is 1. The minimum absolute atomic E-state index is 0.0145. The molecular weight excluding hydrogens is 508 g/mol. The predicted octanol–water partition coefficient (Wildman–Crippen LogP) is 2.75. The van der Waals surface area contributed by atoms with Gasteiger partial charge in [0.2, 0.25) is 21.8 Å². The maximum Gasteiger partial charge on any atom is 0.339 e. The van der Waals surface area contributed by atoms with Crippen molar-refractivity contribution in [2.24, 2.45) is 5.73 Å². The van der Waals surface area contributed by atoms with E-state index in [1.54, 1.807) is 37.3 Å². The van der Waals surface area contributed by atoms with E-state index < -0.39 is 27.3 Å². The first-order valence-electron chi connectivity index (χ1n) is 12.3. The zero-order valence-corrected chi connectivity index (χ0v) is 21.5. The molecule has 1 atom stereocenters. The molecule has 2 aromatic rings. The van der Waals surface area contributed by atoms with E-state index in [0.29, 0.717) is 18.7 Å². The lowest BCUT2D eigenvalue weighted by Gasteiger charge is -2.35. The lowest BCUT2D eigenvalue weighted by atomic mass is 9.67. The van der Waals surface area contributed by atoms with Crippen LogP contribution in [-0.2, 0) is 34.5 Å². The van der Waals surface area contributed by atoms with Gasteiger partial charge in [-0.2, -0.15) is 9.57 Å². The molecule has 3 heterocycles. The van der Waals surface area contributed by atoms with E-state index in [1.165, 1.54) is 22.5 Å². The van der Waals surface area contributed by atoms with Gasteiger partial charge < -0.3 is 20.5 Å². The number of sulfonamides is 1. The van der Waals surface area contributed by atoms with Gasteiger partial charge in [0.15, 0.2) is 5.41 Å². The second-order valence-electron chi connectivity index (χ2n) is 9.12. The number of anilines is 1. The van der Waals surface area contributed by atoms with Crippen molar-refractivity contribution in [2.45, 2.75) is 36.5 Å². The van der Waals surface area contributed by atoms with Crippen LogP contribution in [0.25, 0.3) is 5.76 Å². The molecule has 1 fully saturated rings. The van der Waals surface area contributed by atoms with Crippen molar-refractivity contribution in [2.75, 3.05) is 25.0 Å². The van der Waals surface area contributed by atoms with Gasteiger partial charge in [-0.1, -0.05) is 36.8 Å². The Morgan fingerprint density at radius 1 is 1.18 bits per heavy atom. The highest BCUT2D eigenvalue weighted by Gasteiger charge is 2.60. The highest BCUT2D eigenvalue weighted by molar-refractivity contribution is 7.89. The van der Waals surface area contributed by atoms with Crippen molar-refractivity contribution < 1.29 is 27.5 Å². The number of nitriles is 1. The van der Waals surface area contributed by atoms with Crippen molar-refractivity contribution >= 4 is 33.3 Å². The quantitative estimate of drug-likeness (QED) is 0.556. The molecule has 1 spiro atoms. The standard InChI is InChI=1S/C27H26N4O6S/c1-2-36-25(32)22-23(17-9-5-3-6-10-17)37-24(29)20(16-28)27(22)19-15-18(11-12-21(19)30-26(27)33)38(34,35)31-13-7-4-8-14-31/h3,5-6,9-12,15H,2,4,7-8,13-14,29H2,1H3,(H,30,33). The molecule has 1 saturated heterocycles. The van der Waals surface area contributed by atoms with Gasteiger partial charge in [0.05, 0.1) is 11.5 Å². The molecule has 10 nitrogen and oxygen atoms in total. The normalized spacial score (nSPS) is 21.5. The number of nitrogens with two attached hydrogens (primary N) is 1. The molecule has 0 aromatic heterocycles. The van der Waals surface area contributed by atoms with E-state index in [0.717, 1.165) is 19.3 Å². The first-order valence-corrected chi connectivity index (χ1v) is 13.7. The molecule has 2 aromatic carbocycles. The fraction of sp³-hybridized carbons (Fsp3) is 0.296. The molecule has 0 radical (unpaired) electrons. The van der Waals surface area contributed by atoms with Crippen molar-refractivity contribution in [1.29, 1.82) is 5.26 Å². The SMILES string of the molecule is CCOC(=O)C1=C(c2ccccc2)OC(N)=C(C#N)C12C(=O)Nc1ccc(S(=O)(=O)N3CCCCC3)cc12. The third-order valence-corrected chi connectivity index (χ3v) is 8.89. The number of hydrogen-bond acceptors (Lipinski definition) is 8. The Balaban J connectivity index is 1.82. The third-order valence-electron chi connectivity index (χ3n) is 7.00. The monoisotopic (exact) mass is 534 g/mol. The van der Waals surface area contributed by atoms with Crippen LogP contribution in [0.4, 0.5) is 5.69 Å². The van der Waals surface area contributed by atoms with Crippen LogP contribution in [0.5, 0.6) is 0 Å². The lowest BCUT2D eigenvalue weighted by molar-refractivity contribution is -0.140. The largest absolute Gasteiger partial charge is 0.462 e. The summed E-state index contributed by atoms with van der Waals surface area (Å²) in [4.78, 5) is 27.4. The van der Waals surface area contributed by atoms with Crippen molar-refractivity contribution in [1.82, 2.24) is 4.31 Å². The molecule has 0 bridgehead atoms. The van der Waals surface area contributed by atoms with Crippen molar-refractivity contribution in [3.05, 3.63) is 76.7 Å². The first-order chi connectivity index (χ1) is 18.3. The number of rotatable bonds is 5. The number of piperidine rings is 1. The summed E-state index contributed by atoms with van der Waals surface area (Å²) in [6.07, 6.45) is 2.45. The summed E-state index contributed by atoms with van der Waals surface area (Å²) < 4.78 is 39.7. The molecule has 1 unspecified atom stereocenters. The van der Waals surface area contributed by atoms with Crippen LogP contribution < -0.4 is 11.1 Å².